The molecule has 0 fully saturated rings. The maximum absolute atomic E-state index is 12.6. The van der Waals surface area contributed by atoms with Crippen molar-refractivity contribution in [1.82, 2.24) is 15.4 Å². The second kappa shape index (κ2) is 5.76. The van der Waals surface area contributed by atoms with Gasteiger partial charge in [0.2, 0.25) is 0 Å². The van der Waals surface area contributed by atoms with Gasteiger partial charge < -0.3 is 10.3 Å². The Morgan fingerprint density at radius 2 is 1.62 bits per heavy atom. The first-order valence-electron chi connectivity index (χ1n) is 6.62. The quantitative estimate of drug-likeness (QED) is 0.794. The predicted molar refractivity (Wildman–Crippen MR) is 76.5 cm³/mol. The Balaban J connectivity index is 1.90. The van der Waals surface area contributed by atoms with Crippen molar-refractivity contribution in [3.63, 3.8) is 0 Å². The molecule has 0 aliphatic heterocycles. The van der Waals surface area contributed by atoms with Crippen LogP contribution in [0.25, 0.3) is 22.5 Å². The Bertz CT molecular complexity index is 871. The number of benzene rings is 1. The number of amides is 1. The monoisotopic (exact) mass is 334 g/mol. The van der Waals surface area contributed by atoms with E-state index in [9.17, 15) is 18.0 Å². The molecule has 3 rings (SSSR count). The van der Waals surface area contributed by atoms with E-state index in [0.29, 0.717) is 17.0 Å². The number of primary amides is 1. The predicted octanol–water partition coefficient (Wildman–Crippen LogP) is 2.92. The molecule has 1 aromatic carbocycles. The number of rotatable bonds is 3. The van der Waals surface area contributed by atoms with Crippen LogP contribution in [0.4, 0.5) is 13.2 Å². The van der Waals surface area contributed by atoms with Gasteiger partial charge in [0.05, 0.1) is 22.5 Å². The van der Waals surface area contributed by atoms with Crippen molar-refractivity contribution in [1.29, 1.82) is 0 Å². The second-order valence-corrected chi connectivity index (χ2v) is 4.82. The lowest BCUT2D eigenvalue weighted by Crippen LogP contribution is -2.12. The zero-order valence-corrected chi connectivity index (χ0v) is 11.9. The van der Waals surface area contributed by atoms with Gasteiger partial charge in [-0.3, -0.25) is 4.79 Å². The SMILES string of the molecule is NC(=O)c1nocc1-c1ccc(-c2ccc(C(F)(F)F)cc2)nn1. The Hall–Kier alpha value is -3.23. The average Bonchev–Trinajstić information content (AvgIpc) is 3.04. The smallest absolute Gasteiger partial charge is 0.364 e. The summed E-state index contributed by atoms with van der Waals surface area (Å²) in [5, 5.41) is 11.4. The van der Waals surface area contributed by atoms with E-state index in [-0.39, 0.29) is 11.3 Å². The van der Waals surface area contributed by atoms with Gasteiger partial charge in [0.15, 0.2) is 5.69 Å². The lowest BCUT2D eigenvalue weighted by Gasteiger charge is -2.07. The highest BCUT2D eigenvalue weighted by Gasteiger charge is 2.30. The van der Waals surface area contributed by atoms with Crippen molar-refractivity contribution >= 4 is 5.91 Å². The second-order valence-electron chi connectivity index (χ2n) is 4.82. The van der Waals surface area contributed by atoms with Crippen molar-refractivity contribution in [3.05, 3.63) is 53.9 Å². The summed E-state index contributed by atoms with van der Waals surface area (Å²) in [5.41, 5.74) is 5.79. The minimum atomic E-state index is -4.40. The fraction of sp³-hybridized carbons (Fsp3) is 0.0667. The first-order valence-corrected chi connectivity index (χ1v) is 6.62. The highest BCUT2D eigenvalue weighted by molar-refractivity contribution is 5.97. The zero-order chi connectivity index (χ0) is 17.3. The maximum Gasteiger partial charge on any atom is 0.416 e. The van der Waals surface area contributed by atoms with Gasteiger partial charge in [-0.05, 0) is 24.3 Å². The first-order chi connectivity index (χ1) is 11.4. The summed E-state index contributed by atoms with van der Waals surface area (Å²) >= 11 is 0. The maximum atomic E-state index is 12.6. The lowest BCUT2D eigenvalue weighted by atomic mass is 10.1. The molecule has 0 saturated carbocycles. The standard InChI is InChI=1S/C15H9F3N4O2/c16-15(17,18)9-3-1-8(2-4-9)11-5-6-12(21-20-11)10-7-24-22-13(10)14(19)23/h1-7H,(H2,19,23). The molecule has 9 heteroatoms. The van der Waals surface area contributed by atoms with E-state index in [4.69, 9.17) is 10.3 Å². The first kappa shape index (κ1) is 15.7. The molecule has 0 saturated heterocycles. The van der Waals surface area contributed by atoms with E-state index in [0.717, 1.165) is 12.1 Å². The lowest BCUT2D eigenvalue weighted by molar-refractivity contribution is -0.137. The zero-order valence-electron chi connectivity index (χ0n) is 11.9. The van der Waals surface area contributed by atoms with Crippen LogP contribution in [0, 0.1) is 0 Å². The van der Waals surface area contributed by atoms with Crippen LogP contribution < -0.4 is 5.73 Å². The molecule has 0 aliphatic carbocycles. The van der Waals surface area contributed by atoms with E-state index in [1.54, 1.807) is 12.1 Å². The molecule has 2 aromatic heterocycles. The molecule has 2 N–H and O–H groups in total. The summed E-state index contributed by atoms with van der Waals surface area (Å²) in [6, 6.07) is 7.65. The van der Waals surface area contributed by atoms with Gasteiger partial charge in [-0.15, -0.1) is 10.2 Å². The van der Waals surface area contributed by atoms with Gasteiger partial charge in [0.1, 0.15) is 6.26 Å². The molecule has 0 atom stereocenters. The highest BCUT2D eigenvalue weighted by atomic mass is 19.4. The number of carbonyl (C=O) groups is 1. The number of nitrogens with two attached hydrogens (primary N) is 1. The Labute approximate surface area is 133 Å². The van der Waals surface area contributed by atoms with Crippen molar-refractivity contribution in [2.75, 3.05) is 0 Å². The number of carbonyl (C=O) groups excluding carboxylic acids is 1. The van der Waals surface area contributed by atoms with Crippen LogP contribution in [-0.2, 0) is 6.18 Å². The number of aromatic nitrogens is 3. The minimum absolute atomic E-state index is 0.0772. The summed E-state index contributed by atoms with van der Waals surface area (Å²) in [6.07, 6.45) is -3.19. The number of hydrogen-bond acceptors (Lipinski definition) is 5. The summed E-state index contributed by atoms with van der Waals surface area (Å²) in [7, 11) is 0. The van der Waals surface area contributed by atoms with E-state index < -0.39 is 17.6 Å². The van der Waals surface area contributed by atoms with E-state index in [1.807, 2.05) is 0 Å². The largest absolute Gasteiger partial charge is 0.416 e. The number of alkyl halides is 3. The summed E-state index contributed by atoms with van der Waals surface area (Å²) in [5.74, 6) is -0.771. The average molecular weight is 334 g/mol. The Morgan fingerprint density at radius 1 is 1.00 bits per heavy atom. The number of nitrogens with zero attached hydrogens (tertiary/aromatic N) is 3. The summed E-state index contributed by atoms with van der Waals surface area (Å²) in [6.45, 7) is 0. The molecule has 122 valence electrons. The molecule has 2 heterocycles. The fourth-order valence-corrected chi connectivity index (χ4v) is 2.06. The topological polar surface area (TPSA) is 94.9 Å². The van der Waals surface area contributed by atoms with Crippen molar-refractivity contribution in [3.8, 4) is 22.5 Å². The van der Waals surface area contributed by atoms with Crippen LogP contribution in [0.1, 0.15) is 16.1 Å². The molecule has 24 heavy (non-hydrogen) atoms. The summed E-state index contributed by atoms with van der Waals surface area (Å²) < 4.78 is 42.4. The van der Waals surface area contributed by atoms with Gasteiger partial charge in [-0.2, -0.15) is 13.2 Å². The number of hydrogen-bond donors (Lipinski definition) is 1. The van der Waals surface area contributed by atoms with Gasteiger partial charge in [0.25, 0.3) is 5.91 Å². The summed E-state index contributed by atoms with van der Waals surface area (Å²) in [4.78, 5) is 11.2. The van der Waals surface area contributed by atoms with Crippen molar-refractivity contribution < 1.29 is 22.5 Å². The van der Waals surface area contributed by atoms with E-state index in [2.05, 4.69) is 15.4 Å². The third-order valence-corrected chi connectivity index (χ3v) is 3.25. The van der Waals surface area contributed by atoms with E-state index in [1.165, 1.54) is 18.4 Å². The van der Waals surface area contributed by atoms with Crippen LogP contribution in [0.5, 0.6) is 0 Å². The molecular formula is C15H9F3N4O2. The van der Waals surface area contributed by atoms with Gasteiger partial charge in [0, 0.05) is 5.56 Å². The van der Waals surface area contributed by atoms with E-state index >= 15 is 0 Å². The van der Waals surface area contributed by atoms with Crippen LogP contribution in [0.3, 0.4) is 0 Å². The molecule has 3 aromatic rings. The Morgan fingerprint density at radius 3 is 2.17 bits per heavy atom. The van der Waals surface area contributed by atoms with Crippen LogP contribution in [0.2, 0.25) is 0 Å². The van der Waals surface area contributed by atoms with Crippen molar-refractivity contribution in [2.45, 2.75) is 6.18 Å². The van der Waals surface area contributed by atoms with Crippen LogP contribution in [-0.4, -0.2) is 21.3 Å². The molecule has 0 spiro atoms. The molecule has 0 radical (unpaired) electrons. The molecular weight excluding hydrogens is 325 g/mol. The van der Waals surface area contributed by atoms with Crippen LogP contribution in [0.15, 0.2) is 47.2 Å². The molecule has 0 aliphatic rings. The molecule has 6 nitrogen and oxygen atoms in total. The molecule has 1 amide bonds. The molecule has 0 unspecified atom stereocenters. The van der Waals surface area contributed by atoms with Gasteiger partial charge >= 0.3 is 6.18 Å². The third-order valence-electron chi connectivity index (χ3n) is 3.25. The Kier molecular flexibility index (Phi) is 3.76. The third kappa shape index (κ3) is 2.96. The van der Waals surface area contributed by atoms with Crippen molar-refractivity contribution in [2.24, 2.45) is 5.73 Å². The fourth-order valence-electron chi connectivity index (χ4n) is 2.06. The van der Waals surface area contributed by atoms with Gasteiger partial charge in [-0.1, -0.05) is 17.3 Å². The molecule has 0 bridgehead atoms. The minimum Gasteiger partial charge on any atom is -0.364 e. The highest BCUT2D eigenvalue weighted by Crippen LogP contribution is 2.30. The van der Waals surface area contributed by atoms with Crippen LogP contribution >= 0.6 is 0 Å². The normalized spacial score (nSPS) is 11.5. The number of halogens is 3. The van der Waals surface area contributed by atoms with Gasteiger partial charge in [-0.25, -0.2) is 0 Å².